The maximum Gasteiger partial charge on any atom is 0.306 e. The molecule has 0 rings (SSSR count). The third-order valence-electron chi connectivity index (χ3n) is 13.8. The van der Waals surface area contributed by atoms with Crippen LogP contribution in [0.1, 0.15) is 290 Å². The first-order valence-corrected chi connectivity index (χ1v) is 33.3. The minimum absolute atomic E-state index is 0.112. The Bertz CT molecular complexity index is 1760. The van der Waals surface area contributed by atoms with Gasteiger partial charge in [0.1, 0.15) is 13.2 Å². The van der Waals surface area contributed by atoms with Crippen LogP contribution in [0.5, 0.6) is 0 Å². The highest BCUT2D eigenvalue weighted by atomic mass is 16.6. The fourth-order valence-corrected chi connectivity index (χ4v) is 8.88. The maximum absolute atomic E-state index is 12.9. The zero-order chi connectivity index (χ0) is 58.5. The van der Waals surface area contributed by atoms with Crippen molar-refractivity contribution in [3.63, 3.8) is 0 Å². The van der Waals surface area contributed by atoms with Crippen LogP contribution in [0, 0.1) is 0 Å². The van der Waals surface area contributed by atoms with Crippen molar-refractivity contribution in [2.75, 3.05) is 13.2 Å². The number of carbonyl (C=O) groups is 3. The van der Waals surface area contributed by atoms with Gasteiger partial charge in [-0.1, -0.05) is 276 Å². The molecule has 0 saturated heterocycles. The molecular formula is C75H122O6. The minimum Gasteiger partial charge on any atom is -0.462 e. The van der Waals surface area contributed by atoms with Gasteiger partial charge in [-0.2, -0.15) is 0 Å². The molecule has 0 N–H and O–H groups in total. The summed E-state index contributed by atoms with van der Waals surface area (Å²) >= 11 is 0. The first-order valence-electron chi connectivity index (χ1n) is 33.3. The third-order valence-corrected chi connectivity index (χ3v) is 13.8. The summed E-state index contributed by atoms with van der Waals surface area (Å²) in [5.74, 6) is -0.982. The van der Waals surface area contributed by atoms with E-state index in [1.54, 1.807) is 0 Å². The zero-order valence-electron chi connectivity index (χ0n) is 52.5. The Labute approximate surface area is 499 Å². The lowest BCUT2D eigenvalue weighted by molar-refractivity contribution is -0.167. The minimum atomic E-state index is -0.816. The van der Waals surface area contributed by atoms with Gasteiger partial charge in [0.05, 0.1) is 0 Å². The van der Waals surface area contributed by atoms with E-state index in [-0.39, 0.29) is 31.1 Å². The Morgan fingerprint density at radius 2 is 0.481 bits per heavy atom. The number of esters is 3. The lowest BCUT2D eigenvalue weighted by Crippen LogP contribution is -2.30. The lowest BCUT2D eigenvalue weighted by Gasteiger charge is -2.18. The average molecular weight is 1120 g/mol. The Kier molecular flexibility index (Phi) is 63.9. The van der Waals surface area contributed by atoms with Gasteiger partial charge in [0, 0.05) is 19.3 Å². The molecule has 458 valence electrons. The summed E-state index contributed by atoms with van der Waals surface area (Å²) < 4.78 is 16.9. The maximum atomic E-state index is 12.9. The number of ether oxygens (including phenoxy) is 3. The molecule has 0 aromatic heterocycles. The predicted octanol–water partition coefficient (Wildman–Crippen LogP) is 23.1. The largest absolute Gasteiger partial charge is 0.462 e. The molecule has 1 unspecified atom stereocenters. The molecular weight excluding hydrogens is 997 g/mol. The van der Waals surface area contributed by atoms with Crippen LogP contribution in [-0.2, 0) is 28.6 Å². The van der Waals surface area contributed by atoms with Gasteiger partial charge >= 0.3 is 17.9 Å². The molecule has 6 nitrogen and oxygen atoms in total. The standard InChI is InChI=1S/C75H122O6/c1-4-7-10-13-16-19-22-25-27-29-31-33-35-36-37-38-40-41-43-45-47-50-53-56-59-62-65-68-74(77)80-71-72(70-79-73(76)67-64-61-58-55-52-49-24-21-18-15-12-9-6-3)81-75(78)69-66-63-60-57-54-51-48-46-44-42-39-34-32-30-28-26-23-20-17-14-11-8-5-2/h7,9-10,12,16,18-19,21,25,27,30-33,36-37,40-41,45,47,49,52-53,56,72H,4-6,8,11,13-15,17,20,22-24,26,28-29,34-35,38-39,42-44,46,48,50-51,54-55,57-71H2,1-3H3/b10-7-,12-9-,19-16-,21-18-,27-25-,32-30-,33-31-,37-36-,41-40-,47-45-,52-49-,56-53-. The van der Waals surface area contributed by atoms with Crippen molar-refractivity contribution in [2.45, 2.75) is 297 Å². The highest BCUT2D eigenvalue weighted by molar-refractivity contribution is 5.71. The van der Waals surface area contributed by atoms with E-state index in [0.29, 0.717) is 25.7 Å². The quantitative estimate of drug-likeness (QED) is 0.0261. The molecule has 0 bridgehead atoms. The summed E-state index contributed by atoms with van der Waals surface area (Å²) in [5, 5.41) is 0. The lowest BCUT2D eigenvalue weighted by atomic mass is 10.0. The Morgan fingerprint density at radius 3 is 0.802 bits per heavy atom. The van der Waals surface area contributed by atoms with Gasteiger partial charge in [-0.25, -0.2) is 0 Å². The number of carbonyl (C=O) groups excluding carboxylic acids is 3. The summed E-state index contributed by atoms with van der Waals surface area (Å²) in [6.45, 7) is 6.36. The van der Waals surface area contributed by atoms with Crippen molar-refractivity contribution in [2.24, 2.45) is 0 Å². The molecule has 0 radical (unpaired) electrons. The molecule has 6 heteroatoms. The molecule has 1 atom stereocenters. The van der Waals surface area contributed by atoms with Crippen molar-refractivity contribution in [1.82, 2.24) is 0 Å². The van der Waals surface area contributed by atoms with Crippen LogP contribution >= 0.6 is 0 Å². The second-order valence-electron chi connectivity index (χ2n) is 21.6. The van der Waals surface area contributed by atoms with E-state index in [2.05, 4.69) is 167 Å². The van der Waals surface area contributed by atoms with Crippen LogP contribution in [0.3, 0.4) is 0 Å². The van der Waals surface area contributed by atoms with Crippen LogP contribution in [-0.4, -0.2) is 37.2 Å². The zero-order valence-corrected chi connectivity index (χ0v) is 52.5. The third kappa shape index (κ3) is 66.0. The van der Waals surface area contributed by atoms with Crippen molar-refractivity contribution < 1.29 is 28.6 Å². The molecule has 0 aliphatic heterocycles. The molecule has 0 aromatic rings. The average Bonchev–Trinajstić information content (AvgIpc) is 3.46. The van der Waals surface area contributed by atoms with E-state index < -0.39 is 6.10 Å². The fourth-order valence-electron chi connectivity index (χ4n) is 8.88. The normalized spacial score (nSPS) is 13.1. The van der Waals surface area contributed by atoms with E-state index in [0.717, 1.165) is 128 Å². The molecule has 0 aromatic carbocycles. The summed E-state index contributed by atoms with van der Waals surface area (Å²) in [5.41, 5.74) is 0. The van der Waals surface area contributed by atoms with Crippen molar-refractivity contribution in [3.05, 3.63) is 146 Å². The van der Waals surface area contributed by atoms with Gasteiger partial charge in [-0.15, -0.1) is 0 Å². The first-order chi connectivity index (χ1) is 40.0. The summed E-state index contributed by atoms with van der Waals surface area (Å²) in [6.07, 6.45) is 97.3. The van der Waals surface area contributed by atoms with Crippen molar-refractivity contribution in [3.8, 4) is 0 Å². The van der Waals surface area contributed by atoms with E-state index in [9.17, 15) is 14.4 Å². The molecule has 0 spiro atoms. The van der Waals surface area contributed by atoms with E-state index >= 15 is 0 Å². The van der Waals surface area contributed by atoms with Crippen molar-refractivity contribution >= 4 is 17.9 Å². The summed E-state index contributed by atoms with van der Waals surface area (Å²) in [6, 6.07) is 0. The molecule has 0 saturated carbocycles. The van der Waals surface area contributed by atoms with E-state index in [1.807, 2.05) is 0 Å². The highest BCUT2D eigenvalue weighted by Crippen LogP contribution is 2.15. The Hall–Kier alpha value is -4.71. The monoisotopic (exact) mass is 1120 g/mol. The van der Waals surface area contributed by atoms with Crippen LogP contribution in [0.4, 0.5) is 0 Å². The van der Waals surface area contributed by atoms with Gasteiger partial charge in [-0.3, -0.25) is 14.4 Å². The molecule has 0 aliphatic carbocycles. The molecule has 0 heterocycles. The highest BCUT2D eigenvalue weighted by Gasteiger charge is 2.19. The number of unbranched alkanes of at least 4 members (excludes halogenated alkanes) is 24. The second kappa shape index (κ2) is 67.8. The predicted molar refractivity (Wildman–Crippen MR) is 352 cm³/mol. The first kappa shape index (κ1) is 76.3. The van der Waals surface area contributed by atoms with Gasteiger partial charge in [0.25, 0.3) is 0 Å². The van der Waals surface area contributed by atoms with Crippen LogP contribution in [0.2, 0.25) is 0 Å². The van der Waals surface area contributed by atoms with Crippen LogP contribution in [0.25, 0.3) is 0 Å². The Morgan fingerprint density at radius 1 is 0.259 bits per heavy atom. The van der Waals surface area contributed by atoms with E-state index in [4.69, 9.17) is 14.2 Å². The van der Waals surface area contributed by atoms with Gasteiger partial charge in [0.2, 0.25) is 0 Å². The van der Waals surface area contributed by atoms with Crippen LogP contribution in [0.15, 0.2) is 146 Å². The SMILES string of the molecule is CC/C=C\C/C=C\C/C=C\C/C=C\C/C=C\C/C=C\C/C=C\C/C=C\CCCCC(=O)OCC(COC(=O)CCCCC/C=C\C/C=C\C/C=C\CC)OC(=O)CCCCCCCCCCCCC/C=C\CCCCCCCCCC. The van der Waals surface area contributed by atoms with Gasteiger partial charge < -0.3 is 14.2 Å². The number of allylic oxidation sites excluding steroid dienone is 24. The number of hydrogen-bond donors (Lipinski definition) is 0. The smallest absolute Gasteiger partial charge is 0.306 e. The van der Waals surface area contributed by atoms with Gasteiger partial charge in [-0.05, 0) is 141 Å². The van der Waals surface area contributed by atoms with Crippen LogP contribution < -0.4 is 0 Å². The molecule has 81 heavy (non-hydrogen) atoms. The number of hydrogen-bond acceptors (Lipinski definition) is 6. The topological polar surface area (TPSA) is 78.9 Å². The van der Waals surface area contributed by atoms with E-state index in [1.165, 1.54) is 116 Å². The van der Waals surface area contributed by atoms with Crippen molar-refractivity contribution in [1.29, 1.82) is 0 Å². The Balaban J connectivity index is 4.44. The van der Waals surface area contributed by atoms with Gasteiger partial charge in [0.15, 0.2) is 6.10 Å². The second-order valence-corrected chi connectivity index (χ2v) is 21.6. The molecule has 0 fully saturated rings. The fraction of sp³-hybridized carbons (Fsp3) is 0.640. The number of rotatable bonds is 59. The summed E-state index contributed by atoms with van der Waals surface area (Å²) in [7, 11) is 0. The summed E-state index contributed by atoms with van der Waals surface area (Å²) in [4.78, 5) is 38.3. The molecule has 0 aliphatic rings. The molecule has 0 amide bonds.